The number of halogens is 2. The predicted octanol–water partition coefficient (Wildman–Crippen LogP) is 3.64. The van der Waals surface area contributed by atoms with Gasteiger partial charge >= 0.3 is 6.61 Å². The molecule has 1 aromatic carbocycles. The molecular formula is C15H21F2NO2. The van der Waals surface area contributed by atoms with Crippen molar-refractivity contribution < 1.29 is 18.6 Å². The summed E-state index contributed by atoms with van der Waals surface area (Å²) in [6.45, 7) is -1.90. The van der Waals surface area contributed by atoms with Crippen LogP contribution in [0.15, 0.2) is 24.3 Å². The SMILES string of the molecule is OCC1(CNc2ccc(OC(F)F)cc2)CCCCC1. The van der Waals surface area contributed by atoms with E-state index >= 15 is 0 Å². The second-order valence-corrected chi connectivity index (χ2v) is 5.48. The molecule has 3 nitrogen and oxygen atoms in total. The van der Waals surface area contributed by atoms with Crippen molar-refractivity contribution in [1.29, 1.82) is 0 Å². The van der Waals surface area contributed by atoms with Gasteiger partial charge in [-0.25, -0.2) is 0 Å². The van der Waals surface area contributed by atoms with E-state index in [0.717, 1.165) is 31.4 Å². The van der Waals surface area contributed by atoms with Crippen molar-refractivity contribution in [3.05, 3.63) is 24.3 Å². The van der Waals surface area contributed by atoms with Gasteiger partial charge in [0.25, 0.3) is 0 Å². The van der Waals surface area contributed by atoms with E-state index in [2.05, 4.69) is 10.1 Å². The van der Waals surface area contributed by atoms with Gasteiger partial charge in [-0.1, -0.05) is 19.3 Å². The zero-order valence-corrected chi connectivity index (χ0v) is 11.4. The Morgan fingerprint density at radius 1 is 1.15 bits per heavy atom. The van der Waals surface area contributed by atoms with Crippen LogP contribution in [0.3, 0.4) is 0 Å². The Labute approximate surface area is 117 Å². The number of rotatable bonds is 6. The molecule has 0 radical (unpaired) electrons. The van der Waals surface area contributed by atoms with Gasteiger partial charge in [-0.3, -0.25) is 0 Å². The lowest BCUT2D eigenvalue weighted by molar-refractivity contribution is -0.0498. The third-order valence-electron chi connectivity index (χ3n) is 4.00. The number of hydrogen-bond donors (Lipinski definition) is 2. The number of aliphatic hydroxyl groups is 1. The van der Waals surface area contributed by atoms with Gasteiger partial charge in [0.15, 0.2) is 0 Å². The van der Waals surface area contributed by atoms with Crippen molar-refractivity contribution in [3.63, 3.8) is 0 Å². The Morgan fingerprint density at radius 3 is 2.35 bits per heavy atom. The third kappa shape index (κ3) is 4.07. The normalized spacial score (nSPS) is 18.0. The predicted molar refractivity (Wildman–Crippen MR) is 74.2 cm³/mol. The first-order chi connectivity index (χ1) is 9.63. The van der Waals surface area contributed by atoms with E-state index in [0.29, 0.717) is 6.54 Å². The van der Waals surface area contributed by atoms with Crippen LogP contribution in [0, 0.1) is 5.41 Å². The summed E-state index contributed by atoms with van der Waals surface area (Å²) in [6, 6.07) is 6.46. The molecule has 1 aliphatic rings. The number of aliphatic hydroxyl groups excluding tert-OH is 1. The lowest BCUT2D eigenvalue weighted by Gasteiger charge is -2.36. The summed E-state index contributed by atoms with van der Waals surface area (Å²) >= 11 is 0. The van der Waals surface area contributed by atoms with Crippen LogP contribution in [0.25, 0.3) is 0 Å². The molecule has 0 bridgehead atoms. The van der Waals surface area contributed by atoms with Crippen LogP contribution >= 0.6 is 0 Å². The van der Waals surface area contributed by atoms with Crippen molar-refractivity contribution in [2.24, 2.45) is 5.41 Å². The molecular weight excluding hydrogens is 264 g/mol. The maximum Gasteiger partial charge on any atom is 0.387 e. The molecule has 20 heavy (non-hydrogen) atoms. The van der Waals surface area contributed by atoms with E-state index in [1.165, 1.54) is 18.6 Å². The Hall–Kier alpha value is -1.36. The number of anilines is 1. The van der Waals surface area contributed by atoms with Crippen molar-refractivity contribution in [2.45, 2.75) is 38.7 Å². The first-order valence-electron chi connectivity index (χ1n) is 7.03. The molecule has 0 amide bonds. The number of ether oxygens (including phenoxy) is 1. The van der Waals surface area contributed by atoms with Crippen LogP contribution in [0.2, 0.25) is 0 Å². The second kappa shape index (κ2) is 6.88. The Bertz CT molecular complexity index is 403. The van der Waals surface area contributed by atoms with Gasteiger partial charge in [0.2, 0.25) is 0 Å². The van der Waals surface area contributed by atoms with Crippen molar-refractivity contribution in [2.75, 3.05) is 18.5 Å². The molecule has 0 aromatic heterocycles. The lowest BCUT2D eigenvalue weighted by Crippen LogP contribution is -2.35. The maximum absolute atomic E-state index is 12.0. The molecule has 112 valence electrons. The van der Waals surface area contributed by atoms with Gasteiger partial charge < -0.3 is 15.2 Å². The highest BCUT2D eigenvalue weighted by Gasteiger charge is 2.30. The van der Waals surface area contributed by atoms with Crippen LogP contribution in [-0.2, 0) is 0 Å². The van der Waals surface area contributed by atoms with Crippen molar-refractivity contribution >= 4 is 5.69 Å². The van der Waals surface area contributed by atoms with Gasteiger partial charge in [-0.15, -0.1) is 0 Å². The highest BCUT2D eigenvalue weighted by Crippen LogP contribution is 2.36. The molecule has 0 unspecified atom stereocenters. The lowest BCUT2D eigenvalue weighted by atomic mass is 9.74. The number of nitrogens with one attached hydrogen (secondary N) is 1. The Kier molecular flexibility index (Phi) is 5.17. The molecule has 0 heterocycles. The molecule has 0 aliphatic heterocycles. The number of benzene rings is 1. The zero-order chi connectivity index (χ0) is 14.4. The maximum atomic E-state index is 12.0. The Morgan fingerprint density at radius 2 is 1.80 bits per heavy atom. The molecule has 5 heteroatoms. The van der Waals surface area contributed by atoms with E-state index in [-0.39, 0.29) is 17.8 Å². The van der Waals surface area contributed by atoms with Crippen LogP contribution in [0.1, 0.15) is 32.1 Å². The highest BCUT2D eigenvalue weighted by molar-refractivity contribution is 5.46. The summed E-state index contributed by atoms with van der Waals surface area (Å²) in [5, 5.41) is 12.9. The summed E-state index contributed by atoms with van der Waals surface area (Å²) < 4.78 is 28.4. The van der Waals surface area contributed by atoms with Crippen LogP contribution in [0.4, 0.5) is 14.5 Å². The zero-order valence-electron chi connectivity index (χ0n) is 11.4. The summed E-state index contributed by atoms with van der Waals surface area (Å²) in [4.78, 5) is 0. The molecule has 1 fully saturated rings. The van der Waals surface area contributed by atoms with E-state index in [4.69, 9.17) is 0 Å². The molecule has 0 saturated heterocycles. The van der Waals surface area contributed by atoms with Gasteiger partial charge in [0, 0.05) is 17.6 Å². The summed E-state index contributed by atoms with van der Waals surface area (Å²) in [5.41, 5.74) is 0.807. The minimum absolute atomic E-state index is 0.0452. The van der Waals surface area contributed by atoms with Gasteiger partial charge in [0.1, 0.15) is 5.75 Å². The molecule has 0 atom stereocenters. The average molecular weight is 285 g/mol. The molecule has 1 aliphatic carbocycles. The molecule has 1 saturated carbocycles. The van der Waals surface area contributed by atoms with Gasteiger partial charge in [0.05, 0.1) is 6.61 Å². The van der Waals surface area contributed by atoms with Crippen molar-refractivity contribution in [3.8, 4) is 5.75 Å². The van der Waals surface area contributed by atoms with Crippen molar-refractivity contribution in [1.82, 2.24) is 0 Å². The summed E-state index contributed by atoms with van der Waals surface area (Å²) in [6.07, 6.45) is 5.61. The quantitative estimate of drug-likeness (QED) is 0.838. The molecule has 0 spiro atoms. The molecule has 2 N–H and O–H groups in total. The van der Waals surface area contributed by atoms with Gasteiger partial charge in [-0.2, -0.15) is 8.78 Å². The number of alkyl halides is 2. The largest absolute Gasteiger partial charge is 0.435 e. The van der Waals surface area contributed by atoms with E-state index < -0.39 is 6.61 Å². The number of hydrogen-bond acceptors (Lipinski definition) is 3. The smallest absolute Gasteiger partial charge is 0.387 e. The Balaban J connectivity index is 1.89. The first kappa shape index (κ1) is 15.0. The first-order valence-corrected chi connectivity index (χ1v) is 7.03. The monoisotopic (exact) mass is 285 g/mol. The highest BCUT2D eigenvalue weighted by atomic mass is 19.3. The average Bonchev–Trinajstić information content (AvgIpc) is 2.47. The fraction of sp³-hybridized carbons (Fsp3) is 0.600. The van der Waals surface area contributed by atoms with Crippen LogP contribution in [-0.4, -0.2) is 24.9 Å². The standard InChI is InChI=1S/C15H21F2NO2/c16-14(17)20-13-6-4-12(5-7-13)18-10-15(11-19)8-2-1-3-9-15/h4-7,14,18-19H,1-3,8-11H2. The fourth-order valence-electron chi connectivity index (χ4n) is 2.74. The topological polar surface area (TPSA) is 41.5 Å². The van der Waals surface area contributed by atoms with E-state index in [1.54, 1.807) is 12.1 Å². The minimum Gasteiger partial charge on any atom is -0.435 e. The second-order valence-electron chi connectivity index (χ2n) is 5.48. The van der Waals surface area contributed by atoms with Crippen LogP contribution < -0.4 is 10.1 Å². The summed E-state index contributed by atoms with van der Waals surface area (Å²) in [7, 11) is 0. The van der Waals surface area contributed by atoms with E-state index in [1.807, 2.05) is 0 Å². The molecule has 1 aromatic rings. The van der Waals surface area contributed by atoms with E-state index in [9.17, 15) is 13.9 Å². The molecule has 2 rings (SSSR count). The minimum atomic E-state index is -2.80. The van der Waals surface area contributed by atoms with Crippen LogP contribution in [0.5, 0.6) is 5.75 Å². The third-order valence-corrected chi connectivity index (χ3v) is 4.00. The van der Waals surface area contributed by atoms with Gasteiger partial charge in [-0.05, 0) is 37.1 Å². The fourth-order valence-corrected chi connectivity index (χ4v) is 2.74. The summed E-state index contributed by atoms with van der Waals surface area (Å²) in [5.74, 6) is 0.153.